The van der Waals surface area contributed by atoms with E-state index in [1.165, 1.54) is 22.9 Å². The number of carbonyl (C=O) groups is 1. The Morgan fingerprint density at radius 1 is 1.00 bits per heavy atom. The number of morpholine rings is 1. The van der Waals surface area contributed by atoms with Crippen LogP contribution in [0.3, 0.4) is 0 Å². The van der Waals surface area contributed by atoms with Crippen LogP contribution in [0.4, 0.5) is 5.95 Å². The van der Waals surface area contributed by atoms with Gasteiger partial charge in [-0.1, -0.05) is 68.1 Å². The Labute approximate surface area is 194 Å². The molecule has 168 valence electrons. The van der Waals surface area contributed by atoms with E-state index in [9.17, 15) is 4.79 Å². The van der Waals surface area contributed by atoms with Gasteiger partial charge in [0, 0.05) is 18.7 Å². The van der Waals surface area contributed by atoms with Gasteiger partial charge >= 0.3 is 0 Å². The van der Waals surface area contributed by atoms with Crippen molar-refractivity contribution in [2.45, 2.75) is 38.4 Å². The fraction of sp³-hybridized carbons (Fsp3) is 0.400. The topological polar surface area (TPSA) is 60.3 Å². The lowest BCUT2D eigenvalue weighted by atomic mass is 9.98. The van der Waals surface area contributed by atoms with Gasteiger partial charge in [-0.15, -0.1) is 10.2 Å². The summed E-state index contributed by atoms with van der Waals surface area (Å²) < 4.78 is 7.63. The molecule has 0 amide bonds. The van der Waals surface area contributed by atoms with Gasteiger partial charge in [0.05, 0.1) is 25.5 Å². The molecule has 0 unspecified atom stereocenters. The van der Waals surface area contributed by atoms with Gasteiger partial charge in [0.2, 0.25) is 5.95 Å². The molecule has 0 aliphatic carbocycles. The van der Waals surface area contributed by atoms with Crippen molar-refractivity contribution >= 4 is 23.5 Å². The zero-order valence-electron chi connectivity index (χ0n) is 18.8. The molecular formula is C25H30N4O2S. The summed E-state index contributed by atoms with van der Waals surface area (Å²) in [4.78, 5) is 15.4. The third-order valence-electron chi connectivity index (χ3n) is 5.77. The molecule has 0 spiro atoms. The van der Waals surface area contributed by atoms with E-state index in [2.05, 4.69) is 63.8 Å². The molecule has 7 heteroatoms. The minimum Gasteiger partial charge on any atom is -0.378 e. The number of aryl methyl sites for hydroxylation is 2. The highest BCUT2D eigenvalue weighted by atomic mass is 32.2. The van der Waals surface area contributed by atoms with Gasteiger partial charge in [-0.05, 0) is 35.6 Å². The van der Waals surface area contributed by atoms with E-state index in [1.54, 1.807) is 0 Å². The van der Waals surface area contributed by atoms with E-state index >= 15 is 0 Å². The summed E-state index contributed by atoms with van der Waals surface area (Å²) in [6, 6.07) is 16.6. The van der Waals surface area contributed by atoms with Crippen molar-refractivity contribution in [1.82, 2.24) is 14.8 Å². The number of carbonyl (C=O) groups excluding carboxylic acids is 1. The number of ether oxygens (including phenoxy) is 1. The summed E-state index contributed by atoms with van der Waals surface area (Å²) >= 11 is 1.47. The number of nitrogens with zero attached hydrogens (tertiary/aromatic N) is 4. The number of anilines is 1. The fourth-order valence-electron chi connectivity index (χ4n) is 3.91. The highest BCUT2D eigenvalue weighted by Crippen LogP contribution is 2.26. The average molecular weight is 451 g/mol. The maximum Gasteiger partial charge on any atom is 0.228 e. The smallest absolute Gasteiger partial charge is 0.228 e. The Morgan fingerprint density at radius 3 is 2.50 bits per heavy atom. The third-order valence-corrected chi connectivity index (χ3v) is 6.74. The molecule has 1 fully saturated rings. The molecule has 3 aromatic rings. The summed E-state index contributed by atoms with van der Waals surface area (Å²) in [6.45, 7) is 7.83. The number of hydrogen-bond donors (Lipinski definition) is 0. The zero-order chi connectivity index (χ0) is 22.3. The second kappa shape index (κ2) is 10.8. The summed E-state index contributed by atoms with van der Waals surface area (Å²) in [7, 11) is 0. The van der Waals surface area contributed by atoms with Crippen LogP contribution >= 0.6 is 11.8 Å². The van der Waals surface area contributed by atoms with E-state index in [0.29, 0.717) is 25.5 Å². The summed E-state index contributed by atoms with van der Waals surface area (Å²) in [5.74, 6) is 1.33. The van der Waals surface area contributed by atoms with Crippen molar-refractivity contribution in [3.63, 3.8) is 0 Å². The highest BCUT2D eigenvalue weighted by Gasteiger charge is 2.22. The van der Waals surface area contributed by atoms with Crippen molar-refractivity contribution in [2.24, 2.45) is 0 Å². The number of Topliss-reactive ketones (excluding diaryl/α,β-unsaturated/α-hetero) is 1. The summed E-state index contributed by atoms with van der Waals surface area (Å²) in [6.07, 6.45) is 1.77. The molecule has 1 saturated heterocycles. The highest BCUT2D eigenvalue weighted by molar-refractivity contribution is 7.99. The molecule has 1 aliphatic heterocycles. The molecule has 2 aromatic carbocycles. The third kappa shape index (κ3) is 5.22. The van der Waals surface area contributed by atoms with Crippen LogP contribution in [0.25, 0.3) is 0 Å². The second-order valence-corrected chi connectivity index (χ2v) is 8.81. The lowest BCUT2D eigenvalue weighted by Gasteiger charge is -2.28. The Hall–Kier alpha value is -2.64. The molecule has 2 heterocycles. The second-order valence-electron chi connectivity index (χ2n) is 7.86. The normalized spacial score (nSPS) is 14.0. The van der Waals surface area contributed by atoms with Crippen molar-refractivity contribution in [1.29, 1.82) is 0 Å². The van der Waals surface area contributed by atoms with Gasteiger partial charge in [0.15, 0.2) is 10.9 Å². The van der Waals surface area contributed by atoms with Crippen molar-refractivity contribution < 1.29 is 9.53 Å². The van der Waals surface area contributed by atoms with Crippen LogP contribution in [0.5, 0.6) is 0 Å². The number of rotatable bonds is 9. The van der Waals surface area contributed by atoms with E-state index < -0.39 is 0 Å². The molecular weight excluding hydrogens is 420 g/mol. The first-order valence-corrected chi connectivity index (χ1v) is 12.3. The number of aromatic nitrogens is 3. The molecule has 0 saturated carbocycles. The lowest BCUT2D eigenvalue weighted by molar-refractivity contribution is 0.102. The Balaban J connectivity index is 1.56. The van der Waals surface area contributed by atoms with Crippen molar-refractivity contribution in [3.8, 4) is 0 Å². The van der Waals surface area contributed by atoms with Gasteiger partial charge in [-0.2, -0.15) is 0 Å². The maximum atomic E-state index is 13.1. The van der Waals surface area contributed by atoms with Crippen LogP contribution in [0.1, 0.15) is 40.9 Å². The van der Waals surface area contributed by atoms with Crippen LogP contribution < -0.4 is 4.90 Å². The van der Waals surface area contributed by atoms with Crippen LogP contribution in [0, 0.1) is 0 Å². The predicted molar refractivity (Wildman–Crippen MR) is 129 cm³/mol. The summed E-state index contributed by atoms with van der Waals surface area (Å²) in [5.41, 5.74) is 4.31. The molecule has 6 nitrogen and oxygen atoms in total. The van der Waals surface area contributed by atoms with Crippen LogP contribution in [0.15, 0.2) is 53.7 Å². The maximum absolute atomic E-state index is 13.1. The number of thioether (sulfide) groups is 1. The summed E-state index contributed by atoms with van der Waals surface area (Å²) in [5, 5.41) is 9.74. The largest absolute Gasteiger partial charge is 0.378 e. The predicted octanol–water partition coefficient (Wildman–Crippen LogP) is 4.26. The van der Waals surface area contributed by atoms with E-state index in [4.69, 9.17) is 4.74 Å². The van der Waals surface area contributed by atoms with Crippen LogP contribution in [-0.4, -0.2) is 52.6 Å². The Morgan fingerprint density at radius 2 is 1.78 bits per heavy atom. The van der Waals surface area contributed by atoms with Gasteiger partial charge < -0.3 is 9.64 Å². The van der Waals surface area contributed by atoms with Crippen molar-refractivity contribution in [2.75, 3.05) is 37.0 Å². The molecule has 4 rings (SSSR count). The van der Waals surface area contributed by atoms with E-state index in [0.717, 1.165) is 48.2 Å². The van der Waals surface area contributed by atoms with Gasteiger partial charge in [-0.25, -0.2) is 0 Å². The zero-order valence-corrected chi connectivity index (χ0v) is 19.6. The number of benzene rings is 2. The molecule has 0 atom stereocenters. The molecule has 32 heavy (non-hydrogen) atoms. The first kappa shape index (κ1) is 22.6. The van der Waals surface area contributed by atoms with Crippen LogP contribution in [0.2, 0.25) is 0 Å². The first-order valence-electron chi connectivity index (χ1n) is 11.3. The monoisotopic (exact) mass is 450 g/mol. The van der Waals surface area contributed by atoms with Gasteiger partial charge in [0.1, 0.15) is 0 Å². The minimum atomic E-state index is 0.143. The molecule has 0 N–H and O–H groups in total. The van der Waals surface area contributed by atoms with E-state index in [1.807, 2.05) is 18.2 Å². The average Bonchev–Trinajstić information content (AvgIpc) is 3.25. The number of ketones is 1. The molecule has 1 aliphatic rings. The van der Waals surface area contributed by atoms with Crippen molar-refractivity contribution in [3.05, 3.63) is 70.8 Å². The SMILES string of the molecule is CCc1ccc(CC)c(C(=O)CSc2nnc(N3CCOCC3)n2Cc2ccccc2)c1. The molecule has 0 bridgehead atoms. The molecule has 1 aromatic heterocycles. The lowest BCUT2D eigenvalue weighted by Crippen LogP contribution is -2.38. The Bertz CT molecular complexity index is 1050. The van der Waals surface area contributed by atoms with Crippen LogP contribution in [-0.2, 0) is 24.1 Å². The van der Waals surface area contributed by atoms with Gasteiger partial charge in [-0.3, -0.25) is 9.36 Å². The molecule has 0 radical (unpaired) electrons. The quantitative estimate of drug-likeness (QED) is 0.359. The van der Waals surface area contributed by atoms with E-state index in [-0.39, 0.29) is 5.78 Å². The first-order chi connectivity index (χ1) is 15.7. The fourth-order valence-corrected chi connectivity index (χ4v) is 4.72. The minimum absolute atomic E-state index is 0.143. The Kier molecular flexibility index (Phi) is 7.60. The number of hydrogen-bond acceptors (Lipinski definition) is 6. The van der Waals surface area contributed by atoms with Gasteiger partial charge in [0.25, 0.3) is 0 Å². The standard InChI is InChI=1S/C25H30N4O2S/c1-3-19-10-11-21(4-2)22(16-19)23(30)18-32-25-27-26-24(28-12-14-31-15-13-28)29(25)17-20-8-6-5-7-9-20/h5-11,16H,3-4,12-15,17-18H2,1-2H3.